The van der Waals surface area contributed by atoms with Gasteiger partial charge in [0.2, 0.25) is 0 Å². The number of hydrogen-bond acceptors (Lipinski definition) is 4. The first-order chi connectivity index (χ1) is 8.86. The highest BCUT2D eigenvalue weighted by atomic mass is 16.5. The van der Waals surface area contributed by atoms with E-state index in [1.54, 1.807) is 20.5 Å². The zero-order valence-corrected chi connectivity index (χ0v) is 10.9. The van der Waals surface area contributed by atoms with Gasteiger partial charge in [-0.2, -0.15) is 0 Å². The van der Waals surface area contributed by atoms with Crippen LogP contribution in [0.3, 0.4) is 0 Å². The van der Waals surface area contributed by atoms with Gasteiger partial charge in [0.25, 0.3) is 0 Å². The largest absolute Gasteiger partial charge is 0.504 e. The summed E-state index contributed by atoms with van der Waals surface area (Å²) in [7, 11) is 3.32. The Kier molecular flexibility index (Phi) is 4.47. The average Bonchev–Trinajstić information content (AvgIpc) is 2.45. The lowest BCUT2D eigenvalue weighted by Gasteiger charge is -2.30. The molecule has 4 heteroatoms. The molecule has 1 fully saturated rings. The topological polar surface area (TPSA) is 30.9 Å². The normalized spacial score (nSPS) is 16.0. The lowest BCUT2D eigenvalue weighted by Crippen LogP contribution is -2.36. The van der Waals surface area contributed by atoms with E-state index in [1.807, 2.05) is 18.2 Å². The van der Waals surface area contributed by atoms with Crippen LogP contribution in [0.2, 0.25) is 0 Å². The molecule has 0 spiro atoms. The number of anilines is 1. The number of methoxy groups -OCH3 is 2. The summed E-state index contributed by atoms with van der Waals surface area (Å²) in [5, 5.41) is 0. The Morgan fingerprint density at radius 2 is 2.00 bits per heavy atom. The minimum Gasteiger partial charge on any atom is -0.504 e. The van der Waals surface area contributed by atoms with Gasteiger partial charge in [0.1, 0.15) is 5.75 Å². The second-order valence-electron chi connectivity index (χ2n) is 4.03. The second-order valence-corrected chi connectivity index (χ2v) is 4.03. The van der Waals surface area contributed by atoms with Crippen LogP contribution in [0.15, 0.2) is 24.5 Å². The SMILES string of the molecule is CO/C=C/c1c(OC)cccc1N1CCOCC1. The van der Waals surface area contributed by atoms with E-state index in [1.165, 1.54) is 0 Å². The van der Waals surface area contributed by atoms with E-state index in [-0.39, 0.29) is 0 Å². The predicted molar refractivity (Wildman–Crippen MR) is 72.1 cm³/mol. The van der Waals surface area contributed by atoms with Crippen molar-refractivity contribution in [3.05, 3.63) is 30.0 Å². The summed E-state index contributed by atoms with van der Waals surface area (Å²) in [5.74, 6) is 0.854. The van der Waals surface area contributed by atoms with E-state index in [0.29, 0.717) is 0 Å². The first kappa shape index (κ1) is 12.8. The van der Waals surface area contributed by atoms with Gasteiger partial charge in [0.15, 0.2) is 0 Å². The van der Waals surface area contributed by atoms with Gasteiger partial charge in [0, 0.05) is 24.3 Å². The molecule has 0 saturated carbocycles. The fraction of sp³-hybridized carbons (Fsp3) is 0.429. The fourth-order valence-electron chi connectivity index (χ4n) is 2.09. The molecule has 4 nitrogen and oxygen atoms in total. The van der Waals surface area contributed by atoms with E-state index < -0.39 is 0 Å². The van der Waals surface area contributed by atoms with E-state index in [0.717, 1.165) is 43.3 Å². The molecule has 0 atom stereocenters. The van der Waals surface area contributed by atoms with Crippen molar-refractivity contribution in [3.8, 4) is 5.75 Å². The van der Waals surface area contributed by atoms with Crippen molar-refractivity contribution in [2.75, 3.05) is 45.4 Å². The van der Waals surface area contributed by atoms with Crippen molar-refractivity contribution < 1.29 is 14.2 Å². The van der Waals surface area contributed by atoms with Crippen molar-refractivity contribution >= 4 is 11.8 Å². The molecule has 0 radical (unpaired) electrons. The average molecular weight is 249 g/mol. The Bertz CT molecular complexity index is 412. The zero-order chi connectivity index (χ0) is 12.8. The number of morpholine rings is 1. The van der Waals surface area contributed by atoms with Crippen LogP contribution in [-0.2, 0) is 9.47 Å². The van der Waals surface area contributed by atoms with Crippen LogP contribution in [0.1, 0.15) is 5.56 Å². The Morgan fingerprint density at radius 1 is 1.22 bits per heavy atom. The van der Waals surface area contributed by atoms with Gasteiger partial charge in [-0.25, -0.2) is 0 Å². The Balaban J connectivity index is 2.34. The van der Waals surface area contributed by atoms with Crippen LogP contribution in [0.25, 0.3) is 6.08 Å². The van der Waals surface area contributed by atoms with Crippen LogP contribution < -0.4 is 9.64 Å². The fourth-order valence-corrected chi connectivity index (χ4v) is 2.09. The Labute approximate surface area is 108 Å². The number of ether oxygens (including phenoxy) is 3. The Hall–Kier alpha value is -1.68. The molecule has 1 aliphatic rings. The monoisotopic (exact) mass is 249 g/mol. The van der Waals surface area contributed by atoms with Gasteiger partial charge in [0.05, 0.1) is 33.7 Å². The smallest absolute Gasteiger partial charge is 0.128 e. The summed E-state index contributed by atoms with van der Waals surface area (Å²) in [4.78, 5) is 2.31. The van der Waals surface area contributed by atoms with Gasteiger partial charge >= 0.3 is 0 Å². The predicted octanol–water partition coefficient (Wildman–Crippen LogP) is 2.15. The quantitative estimate of drug-likeness (QED) is 0.765. The third kappa shape index (κ3) is 2.76. The number of nitrogens with zero attached hydrogens (tertiary/aromatic N) is 1. The zero-order valence-electron chi connectivity index (χ0n) is 10.9. The van der Waals surface area contributed by atoms with Gasteiger partial charge in [-0.3, -0.25) is 0 Å². The van der Waals surface area contributed by atoms with E-state index in [9.17, 15) is 0 Å². The molecule has 18 heavy (non-hydrogen) atoms. The van der Waals surface area contributed by atoms with Crippen molar-refractivity contribution in [1.29, 1.82) is 0 Å². The van der Waals surface area contributed by atoms with Crippen molar-refractivity contribution in [2.45, 2.75) is 0 Å². The number of rotatable bonds is 4. The highest BCUT2D eigenvalue weighted by molar-refractivity contribution is 5.72. The summed E-state index contributed by atoms with van der Waals surface area (Å²) in [6.07, 6.45) is 3.60. The van der Waals surface area contributed by atoms with Gasteiger partial charge in [-0.15, -0.1) is 0 Å². The first-order valence-corrected chi connectivity index (χ1v) is 6.06. The second kappa shape index (κ2) is 6.31. The number of hydrogen-bond donors (Lipinski definition) is 0. The molecule has 0 N–H and O–H groups in total. The summed E-state index contributed by atoms with van der Waals surface area (Å²) in [5.41, 5.74) is 2.20. The van der Waals surface area contributed by atoms with Crippen LogP contribution in [0.5, 0.6) is 5.75 Å². The highest BCUT2D eigenvalue weighted by Gasteiger charge is 2.16. The van der Waals surface area contributed by atoms with Crippen molar-refractivity contribution in [2.24, 2.45) is 0 Å². The van der Waals surface area contributed by atoms with Crippen molar-refractivity contribution in [3.63, 3.8) is 0 Å². The maximum absolute atomic E-state index is 5.41. The summed E-state index contributed by atoms with van der Waals surface area (Å²) in [6.45, 7) is 3.34. The third-order valence-corrected chi connectivity index (χ3v) is 2.99. The molecule has 1 heterocycles. The standard InChI is InChI=1S/C14H19NO3/c1-16-9-6-12-13(4-3-5-14(12)17-2)15-7-10-18-11-8-15/h3-6,9H,7-8,10-11H2,1-2H3/b9-6+. The lowest BCUT2D eigenvalue weighted by atomic mass is 10.1. The molecule has 0 aromatic heterocycles. The maximum atomic E-state index is 5.41. The summed E-state index contributed by atoms with van der Waals surface area (Å²) in [6, 6.07) is 6.07. The lowest BCUT2D eigenvalue weighted by molar-refractivity contribution is 0.122. The molecule has 1 aromatic rings. The molecule has 0 bridgehead atoms. The molecule has 2 rings (SSSR count). The molecule has 0 unspecified atom stereocenters. The number of benzene rings is 1. The molecular weight excluding hydrogens is 230 g/mol. The molecule has 0 aliphatic carbocycles. The maximum Gasteiger partial charge on any atom is 0.128 e. The van der Waals surface area contributed by atoms with E-state index in [2.05, 4.69) is 11.0 Å². The third-order valence-electron chi connectivity index (χ3n) is 2.99. The molecule has 98 valence electrons. The highest BCUT2D eigenvalue weighted by Crippen LogP contribution is 2.31. The molecule has 1 aliphatic heterocycles. The van der Waals surface area contributed by atoms with Crippen LogP contribution >= 0.6 is 0 Å². The van der Waals surface area contributed by atoms with Gasteiger partial charge in [-0.1, -0.05) is 6.07 Å². The Morgan fingerprint density at radius 3 is 2.67 bits per heavy atom. The van der Waals surface area contributed by atoms with Crippen molar-refractivity contribution in [1.82, 2.24) is 0 Å². The van der Waals surface area contributed by atoms with E-state index in [4.69, 9.17) is 14.2 Å². The molecular formula is C14H19NO3. The first-order valence-electron chi connectivity index (χ1n) is 6.06. The summed E-state index contributed by atoms with van der Waals surface area (Å²) < 4.78 is 15.8. The van der Waals surface area contributed by atoms with Crippen LogP contribution in [-0.4, -0.2) is 40.5 Å². The summed E-state index contributed by atoms with van der Waals surface area (Å²) >= 11 is 0. The molecule has 0 amide bonds. The minimum absolute atomic E-state index is 0.768. The van der Waals surface area contributed by atoms with E-state index >= 15 is 0 Å². The van der Waals surface area contributed by atoms with Gasteiger partial charge in [-0.05, 0) is 18.2 Å². The van der Waals surface area contributed by atoms with Crippen LogP contribution in [0, 0.1) is 0 Å². The minimum atomic E-state index is 0.768. The molecule has 1 aromatic carbocycles. The van der Waals surface area contributed by atoms with Crippen LogP contribution in [0.4, 0.5) is 5.69 Å². The molecule has 1 saturated heterocycles. The van der Waals surface area contributed by atoms with Gasteiger partial charge < -0.3 is 19.1 Å².